The molecule has 0 saturated carbocycles. The van der Waals surface area contributed by atoms with E-state index in [0.717, 1.165) is 22.2 Å². The Kier molecular flexibility index (Phi) is 6.01. The summed E-state index contributed by atoms with van der Waals surface area (Å²) in [5.74, 6) is -0.928. The summed E-state index contributed by atoms with van der Waals surface area (Å²) in [6.07, 6.45) is -4.61. The SMILES string of the molecule is Cc1ccc(-c2nc(C(=O)N3CCN(C(=O)c4ccccc4C(F)(F)F)CC3)cs2)cc1. The second-order valence-corrected chi connectivity index (χ2v) is 8.39. The molecule has 1 aliphatic rings. The highest BCUT2D eigenvalue weighted by atomic mass is 32.1. The lowest BCUT2D eigenvalue weighted by Crippen LogP contribution is -2.50. The average molecular weight is 459 g/mol. The van der Waals surface area contributed by atoms with Gasteiger partial charge in [-0.25, -0.2) is 4.98 Å². The van der Waals surface area contributed by atoms with Crippen LogP contribution < -0.4 is 0 Å². The van der Waals surface area contributed by atoms with Crippen LogP contribution in [-0.4, -0.2) is 52.8 Å². The maximum atomic E-state index is 13.2. The lowest BCUT2D eigenvalue weighted by Gasteiger charge is -2.34. The molecule has 1 saturated heterocycles. The van der Waals surface area contributed by atoms with Gasteiger partial charge in [-0.1, -0.05) is 42.0 Å². The van der Waals surface area contributed by atoms with Crippen molar-refractivity contribution in [2.45, 2.75) is 13.1 Å². The van der Waals surface area contributed by atoms with Crippen LogP contribution in [0.15, 0.2) is 53.9 Å². The molecular weight excluding hydrogens is 439 g/mol. The highest BCUT2D eigenvalue weighted by Crippen LogP contribution is 2.32. The monoisotopic (exact) mass is 459 g/mol. The summed E-state index contributed by atoms with van der Waals surface area (Å²) in [7, 11) is 0. The number of aromatic nitrogens is 1. The van der Waals surface area contributed by atoms with Crippen LogP contribution in [-0.2, 0) is 6.18 Å². The number of piperazine rings is 1. The molecule has 3 aromatic rings. The summed E-state index contributed by atoms with van der Waals surface area (Å²) < 4.78 is 39.7. The maximum absolute atomic E-state index is 13.2. The first-order valence-corrected chi connectivity index (χ1v) is 10.9. The van der Waals surface area contributed by atoms with E-state index < -0.39 is 17.6 Å². The molecule has 32 heavy (non-hydrogen) atoms. The Bertz CT molecular complexity index is 1130. The van der Waals surface area contributed by atoms with Crippen LogP contribution in [0.25, 0.3) is 10.6 Å². The molecule has 2 heterocycles. The van der Waals surface area contributed by atoms with Crippen molar-refractivity contribution in [3.8, 4) is 10.6 Å². The highest BCUT2D eigenvalue weighted by molar-refractivity contribution is 7.13. The van der Waals surface area contributed by atoms with Crippen LogP contribution in [0.4, 0.5) is 13.2 Å². The number of hydrogen-bond donors (Lipinski definition) is 0. The Morgan fingerprint density at radius 3 is 2.12 bits per heavy atom. The summed E-state index contributed by atoms with van der Waals surface area (Å²) in [5.41, 5.74) is 1.06. The summed E-state index contributed by atoms with van der Waals surface area (Å²) in [5, 5.41) is 2.44. The van der Waals surface area contributed by atoms with E-state index in [2.05, 4.69) is 4.98 Å². The fourth-order valence-corrected chi connectivity index (χ4v) is 4.36. The second kappa shape index (κ2) is 8.74. The summed E-state index contributed by atoms with van der Waals surface area (Å²) >= 11 is 1.38. The largest absolute Gasteiger partial charge is 0.417 e. The van der Waals surface area contributed by atoms with E-state index in [-0.39, 0.29) is 37.6 Å². The third-order valence-corrected chi connectivity index (χ3v) is 6.23. The first kappa shape index (κ1) is 22.0. The highest BCUT2D eigenvalue weighted by Gasteiger charge is 2.36. The minimum absolute atomic E-state index is 0.158. The molecule has 0 atom stereocenters. The molecule has 2 aromatic carbocycles. The van der Waals surface area contributed by atoms with E-state index in [4.69, 9.17) is 0 Å². The molecule has 1 fully saturated rings. The number of aryl methyl sites for hydroxylation is 1. The lowest BCUT2D eigenvalue weighted by atomic mass is 10.1. The van der Waals surface area contributed by atoms with Crippen molar-refractivity contribution >= 4 is 23.2 Å². The van der Waals surface area contributed by atoms with Crippen LogP contribution >= 0.6 is 11.3 Å². The minimum Gasteiger partial charge on any atom is -0.335 e. The van der Waals surface area contributed by atoms with E-state index in [1.54, 1.807) is 10.3 Å². The van der Waals surface area contributed by atoms with Gasteiger partial charge in [0.05, 0.1) is 11.1 Å². The van der Waals surface area contributed by atoms with Crippen LogP contribution in [0.3, 0.4) is 0 Å². The molecule has 166 valence electrons. The van der Waals surface area contributed by atoms with Gasteiger partial charge in [-0.2, -0.15) is 13.2 Å². The molecule has 5 nitrogen and oxygen atoms in total. The van der Waals surface area contributed by atoms with Crippen molar-refractivity contribution in [1.29, 1.82) is 0 Å². The molecule has 2 amide bonds. The van der Waals surface area contributed by atoms with Crippen molar-refractivity contribution in [2.24, 2.45) is 0 Å². The molecule has 0 N–H and O–H groups in total. The standard InChI is InChI=1S/C23H20F3N3O2S/c1-15-6-8-16(9-7-15)20-27-19(14-32-20)22(31)29-12-10-28(11-13-29)21(30)17-4-2-3-5-18(17)23(24,25)26/h2-9,14H,10-13H2,1H3. The molecule has 4 rings (SSSR count). The van der Waals surface area contributed by atoms with E-state index in [1.165, 1.54) is 34.4 Å². The van der Waals surface area contributed by atoms with Gasteiger partial charge in [0.1, 0.15) is 10.7 Å². The Morgan fingerprint density at radius 1 is 0.906 bits per heavy atom. The first-order valence-electron chi connectivity index (χ1n) is 10.0. The van der Waals surface area contributed by atoms with Crippen LogP contribution in [0, 0.1) is 6.92 Å². The number of halogens is 3. The molecule has 0 aliphatic carbocycles. The van der Waals surface area contributed by atoms with Gasteiger partial charge in [0, 0.05) is 37.1 Å². The number of benzene rings is 2. The Hall–Kier alpha value is -3.20. The van der Waals surface area contributed by atoms with Crippen LogP contribution in [0.1, 0.15) is 32.0 Å². The van der Waals surface area contributed by atoms with Gasteiger partial charge in [0.25, 0.3) is 11.8 Å². The second-order valence-electron chi connectivity index (χ2n) is 7.53. The molecular formula is C23H20F3N3O2S. The molecule has 0 unspecified atom stereocenters. The van der Waals surface area contributed by atoms with Gasteiger partial charge >= 0.3 is 6.18 Å². The number of nitrogens with zero attached hydrogens (tertiary/aromatic N) is 3. The smallest absolute Gasteiger partial charge is 0.335 e. The van der Waals surface area contributed by atoms with Crippen molar-refractivity contribution in [2.75, 3.05) is 26.2 Å². The predicted octanol–water partition coefficient (Wildman–Crippen LogP) is 4.74. The van der Waals surface area contributed by atoms with E-state index in [1.807, 2.05) is 31.2 Å². The number of carbonyl (C=O) groups is 2. The Balaban J connectivity index is 1.42. The molecule has 9 heteroatoms. The summed E-state index contributed by atoms with van der Waals surface area (Å²) in [6.45, 7) is 2.77. The molecule has 0 spiro atoms. The van der Waals surface area contributed by atoms with Crippen molar-refractivity contribution in [3.63, 3.8) is 0 Å². The van der Waals surface area contributed by atoms with Gasteiger partial charge in [0.2, 0.25) is 0 Å². The molecule has 0 bridgehead atoms. The van der Waals surface area contributed by atoms with Gasteiger partial charge in [-0.05, 0) is 19.1 Å². The summed E-state index contributed by atoms with van der Waals surface area (Å²) in [4.78, 5) is 32.9. The number of rotatable bonds is 3. The van der Waals surface area contributed by atoms with Crippen molar-refractivity contribution in [1.82, 2.24) is 14.8 Å². The zero-order chi connectivity index (χ0) is 22.9. The third-order valence-electron chi connectivity index (χ3n) is 5.34. The normalized spacial score (nSPS) is 14.5. The van der Waals surface area contributed by atoms with E-state index >= 15 is 0 Å². The van der Waals surface area contributed by atoms with Crippen LogP contribution in [0.2, 0.25) is 0 Å². The molecule has 1 aliphatic heterocycles. The fraction of sp³-hybridized carbons (Fsp3) is 0.261. The number of carbonyl (C=O) groups excluding carboxylic acids is 2. The van der Waals surface area contributed by atoms with Gasteiger partial charge < -0.3 is 9.80 Å². The van der Waals surface area contributed by atoms with E-state index in [9.17, 15) is 22.8 Å². The van der Waals surface area contributed by atoms with Gasteiger partial charge in [0.15, 0.2) is 0 Å². The number of amides is 2. The average Bonchev–Trinajstić information content (AvgIpc) is 3.28. The van der Waals surface area contributed by atoms with Gasteiger partial charge in [-0.15, -0.1) is 11.3 Å². The minimum atomic E-state index is -4.61. The zero-order valence-corrected chi connectivity index (χ0v) is 18.0. The van der Waals surface area contributed by atoms with Gasteiger partial charge in [-0.3, -0.25) is 9.59 Å². The Labute approximate surface area is 187 Å². The summed E-state index contributed by atoms with van der Waals surface area (Å²) in [6, 6.07) is 12.6. The number of hydrogen-bond acceptors (Lipinski definition) is 4. The Morgan fingerprint density at radius 2 is 1.50 bits per heavy atom. The van der Waals surface area contributed by atoms with Crippen LogP contribution in [0.5, 0.6) is 0 Å². The van der Waals surface area contributed by atoms with Crippen molar-refractivity contribution in [3.05, 3.63) is 76.3 Å². The third kappa shape index (κ3) is 4.52. The molecule has 0 radical (unpaired) electrons. The topological polar surface area (TPSA) is 53.5 Å². The van der Waals surface area contributed by atoms with Crippen molar-refractivity contribution < 1.29 is 22.8 Å². The fourth-order valence-electron chi connectivity index (χ4n) is 3.56. The maximum Gasteiger partial charge on any atom is 0.417 e. The molecule has 1 aromatic heterocycles. The number of thiazole rings is 1. The van der Waals surface area contributed by atoms with E-state index in [0.29, 0.717) is 5.69 Å². The predicted molar refractivity (Wildman–Crippen MR) is 116 cm³/mol. The quantitative estimate of drug-likeness (QED) is 0.569. The first-order chi connectivity index (χ1) is 15.2. The lowest BCUT2D eigenvalue weighted by molar-refractivity contribution is -0.138. The zero-order valence-electron chi connectivity index (χ0n) is 17.2. The number of alkyl halides is 3.